The van der Waals surface area contributed by atoms with Gasteiger partial charge in [-0.25, -0.2) is 0 Å². The molecule has 0 bridgehead atoms. The van der Waals surface area contributed by atoms with Gasteiger partial charge in [-0.05, 0) is 37.6 Å². The maximum atomic E-state index is 12.7. The van der Waals surface area contributed by atoms with Gasteiger partial charge in [0.1, 0.15) is 5.75 Å². The first kappa shape index (κ1) is 12.7. The van der Waals surface area contributed by atoms with Crippen LogP contribution in [0.4, 0.5) is 13.2 Å². The predicted molar refractivity (Wildman–Crippen MR) is 62.9 cm³/mol. The van der Waals surface area contributed by atoms with E-state index in [2.05, 4.69) is 4.99 Å². The first-order valence-electron chi connectivity index (χ1n) is 5.53. The highest BCUT2D eigenvalue weighted by atomic mass is 19.4. The Morgan fingerprint density at radius 3 is 2.67 bits per heavy atom. The number of alkyl halides is 3. The molecule has 2 rings (SSSR count). The van der Waals surface area contributed by atoms with Crippen molar-refractivity contribution in [3.05, 3.63) is 41.5 Å². The van der Waals surface area contributed by atoms with Gasteiger partial charge in [0.15, 0.2) is 0 Å². The standard InChI is InChI=1S/C13H12F3NO/c1-8-3-2-4-11(17-8)9-5-6-12(18)10(7-9)13(14,15)16/h2,4-8,18H,3H2,1H3. The summed E-state index contributed by atoms with van der Waals surface area (Å²) in [4.78, 5) is 4.29. The minimum Gasteiger partial charge on any atom is -0.507 e. The average Bonchev–Trinajstić information content (AvgIpc) is 2.28. The topological polar surface area (TPSA) is 32.6 Å². The van der Waals surface area contributed by atoms with Gasteiger partial charge >= 0.3 is 6.18 Å². The number of nitrogens with zero attached hydrogens (tertiary/aromatic N) is 1. The Morgan fingerprint density at radius 1 is 1.33 bits per heavy atom. The second-order valence-electron chi connectivity index (χ2n) is 4.23. The number of halogens is 3. The van der Waals surface area contributed by atoms with E-state index in [4.69, 9.17) is 0 Å². The summed E-state index contributed by atoms with van der Waals surface area (Å²) in [5, 5.41) is 9.24. The molecule has 2 nitrogen and oxygen atoms in total. The summed E-state index contributed by atoms with van der Waals surface area (Å²) in [5.74, 6) is -0.764. The highest BCUT2D eigenvalue weighted by Crippen LogP contribution is 2.36. The molecule has 0 fully saturated rings. The number of dihydropyridines is 1. The molecule has 1 aromatic carbocycles. The molecule has 0 aromatic heterocycles. The molecule has 0 radical (unpaired) electrons. The zero-order chi connectivity index (χ0) is 13.3. The number of phenolic OH excluding ortho intramolecular Hbond substituents is 1. The Labute approximate surface area is 102 Å². The minimum atomic E-state index is -4.56. The van der Waals surface area contributed by atoms with E-state index in [-0.39, 0.29) is 6.04 Å². The van der Waals surface area contributed by atoms with Crippen LogP contribution >= 0.6 is 0 Å². The maximum Gasteiger partial charge on any atom is 0.419 e. The lowest BCUT2D eigenvalue weighted by Gasteiger charge is -2.14. The lowest BCUT2D eigenvalue weighted by Crippen LogP contribution is -2.11. The Bertz CT molecular complexity index is 517. The molecule has 1 unspecified atom stereocenters. The van der Waals surface area contributed by atoms with Crippen molar-refractivity contribution in [3.63, 3.8) is 0 Å². The molecular weight excluding hydrogens is 243 g/mol. The molecule has 1 atom stereocenters. The molecule has 0 spiro atoms. The minimum absolute atomic E-state index is 0.0631. The normalized spacial score (nSPS) is 19.8. The molecule has 1 N–H and O–H groups in total. The van der Waals surface area contributed by atoms with Crippen molar-refractivity contribution >= 4 is 5.71 Å². The van der Waals surface area contributed by atoms with Gasteiger partial charge in [0.25, 0.3) is 0 Å². The summed E-state index contributed by atoms with van der Waals surface area (Å²) < 4.78 is 38.0. The number of rotatable bonds is 1. The number of benzene rings is 1. The number of allylic oxidation sites excluding steroid dienone is 1. The molecule has 96 valence electrons. The van der Waals surface area contributed by atoms with E-state index < -0.39 is 17.5 Å². The van der Waals surface area contributed by atoms with Crippen LogP contribution in [0.3, 0.4) is 0 Å². The SMILES string of the molecule is CC1CC=CC(c2ccc(O)c(C(F)(F)F)c2)=N1. The van der Waals surface area contributed by atoms with Gasteiger partial charge in [-0.2, -0.15) is 13.2 Å². The molecule has 1 aliphatic heterocycles. The average molecular weight is 255 g/mol. The molecule has 1 aliphatic rings. The summed E-state index contributed by atoms with van der Waals surface area (Å²) in [6, 6.07) is 3.48. The third-order valence-corrected chi connectivity index (χ3v) is 2.71. The van der Waals surface area contributed by atoms with Crippen LogP contribution < -0.4 is 0 Å². The van der Waals surface area contributed by atoms with Crippen molar-refractivity contribution < 1.29 is 18.3 Å². The van der Waals surface area contributed by atoms with Crippen LogP contribution in [0.2, 0.25) is 0 Å². The molecular formula is C13H12F3NO. The fourth-order valence-electron chi connectivity index (χ4n) is 1.80. The Hall–Kier alpha value is -1.78. The summed E-state index contributed by atoms with van der Waals surface area (Å²) in [6.45, 7) is 1.90. The first-order valence-corrected chi connectivity index (χ1v) is 5.53. The van der Waals surface area contributed by atoms with Crippen molar-refractivity contribution in [2.45, 2.75) is 25.6 Å². The number of hydrogen-bond donors (Lipinski definition) is 1. The van der Waals surface area contributed by atoms with Gasteiger partial charge in [0, 0.05) is 5.56 Å². The van der Waals surface area contributed by atoms with Crippen molar-refractivity contribution in [2.75, 3.05) is 0 Å². The zero-order valence-corrected chi connectivity index (χ0v) is 9.70. The van der Waals surface area contributed by atoms with E-state index >= 15 is 0 Å². The van der Waals surface area contributed by atoms with Crippen LogP contribution in [0.5, 0.6) is 5.75 Å². The van der Waals surface area contributed by atoms with Gasteiger partial charge in [0.2, 0.25) is 0 Å². The molecule has 18 heavy (non-hydrogen) atoms. The zero-order valence-electron chi connectivity index (χ0n) is 9.70. The Morgan fingerprint density at radius 2 is 2.06 bits per heavy atom. The molecule has 0 saturated heterocycles. The number of hydrogen-bond acceptors (Lipinski definition) is 2. The van der Waals surface area contributed by atoms with Crippen LogP contribution in [0.25, 0.3) is 0 Å². The second-order valence-corrected chi connectivity index (χ2v) is 4.23. The smallest absolute Gasteiger partial charge is 0.419 e. The Balaban J connectivity index is 2.45. The van der Waals surface area contributed by atoms with Gasteiger partial charge in [-0.3, -0.25) is 4.99 Å². The third kappa shape index (κ3) is 2.55. The summed E-state index contributed by atoms with van der Waals surface area (Å²) in [5.41, 5.74) is -0.156. The van der Waals surface area contributed by atoms with Crippen LogP contribution in [0, 0.1) is 0 Å². The van der Waals surface area contributed by atoms with E-state index in [9.17, 15) is 18.3 Å². The van der Waals surface area contributed by atoms with E-state index in [0.717, 1.165) is 18.6 Å². The number of aliphatic imine (C=N–C) groups is 1. The molecule has 1 aromatic rings. The van der Waals surface area contributed by atoms with Crippen LogP contribution in [0.1, 0.15) is 24.5 Å². The van der Waals surface area contributed by atoms with E-state index in [0.29, 0.717) is 11.3 Å². The summed E-state index contributed by atoms with van der Waals surface area (Å²) in [6.07, 6.45) is -0.196. The molecule has 1 heterocycles. The van der Waals surface area contributed by atoms with E-state index in [1.54, 1.807) is 6.08 Å². The quantitative estimate of drug-likeness (QED) is 0.817. The fourth-order valence-corrected chi connectivity index (χ4v) is 1.80. The van der Waals surface area contributed by atoms with Crippen LogP contribution in [0.15, 0.2) is 35.3 Å². The van der Waals surface area contributed by atoms with Crippen molar-refractivity contribution in [2.24, 2.45) is 4.99 Å². The fraction of sp³-hybridized carbons (Fsp3) is 0.308. The highest BCUT2D eigenvalue weighted by molar-refractivity contribution is 6.09. The van der Waals surface area contributed by atoms with Gasteiger partial charge in [-0.1, -0.05) is 6.08 Å². The lowest BCUT2D eigenvalue weighted by molar-refractivity contribution is -0.138. The molecule has 0 saturated carbocycles. The maximum absolute atomic E-state index is 12.7. The highest BCUT2D eigenvalue weighted by Gasteiger charge is 2.34. The number of aromatic hydroxyl groups is 1. The molecule has 0 amide bonds. The molecule has 5 heteroatoms. The van der Waals surface area contributed by atoms with E-state index in [1.807, 2.05) is 13.0 Å². The molecule has 0 aliphatic carbocycles. The summed E-state index contributed by atoms with van der Waals surface area (Å²) in [7, 11) is 0. The monoisotopic (exact) mass is 255 g/mol. The Kier molecular flexibility index (Phi) is 3.15. The van der Waals surface area contributed by atoms with E-state index in [1.165, 1.54) is 6.07 Å². The van der Waals surface area contributed by atoms with Crippen molar-refractivity contribution in [1.82, 2.24) is 0 Å². The largest absolute Gasteiger partial charge is 0.507 e. The van der Waals surface area contributed by atoms with Gasteiger partial charge in [0.05, 0.1) is 17.3 Å². The predicted octanol–water partition coefficient (Wildman–Crippen LogP) is 3.55. The van der Waals surface area contributed by atoms with Crippen LogP contribution in [-0.4, -0.2) is 16.9 Å². The summed E-state index contributed by atoms with van der Waals surface area (Å²) >= 11 is 0. The van der Waals surface area contributed by atoms with Crippen molar-refractivity contribution in [3.8, 4) is 5.75 Å². The number of phenols is 1. The lowest BCUT2D eigenvalue weighted by atomic mass is 10.0. The third-order valence-electron chi connectivity index (χ3n) is 2.71. The van der Waals surface area contributed by atoms with Gasteiger partial charge in [-0.15, -0.1) is 0 Å². The van der Waals surface area contributed by atoms with Crippen molar-refractivity contribution in [1.29, 1.82) is 0 Å². The van der Waals surface area contributed by atoms with Crippen LogP contribution in [-0.2, 0) is 6.18 Å². The first-order chi connectivity index (χ1) is 8.38. The second kappa shape index (κ2) is 4.48. The van der Waals surface area contributed by atoms with Gasteiger partial charge < -0.3 is 5.11 Å².